The Bertz CT molecular complexity index is 538. The lowest BCUT2D eigenvalue weighted by molar-refractivity contribution is 0.478. The molecule has 0 fully saturated rings. The van der Waals surface area contributed by atoms with E-state index < -0.39 is 0 Å². The van der Waals surface area contributed by atoms with Gasteiger partial charge in [0.25, 0.3) is 0 Å². The number of rotatable bonds is 5. The fourth-order valence-electron chi connectivity index (χ4n) is 2.15. The molecule has 0 saturated carbocycles. The highest BCUT2D eigenvalue weighted by Crippen LogP contribution is 2.25. The van der Waals surface area contributed by atoms with Gasteiger partial charge in [0, 0.05) is 17.1 Å². The second-order valence-electron chi connectivity index (χ2n) is 4.81. The second-order valence-corrected chi connectivity index (χ2v) is 6.79. The van der Waals surface area contributed by atoms with Crippen molar-refractivity contribution in [2.45, 2.75) is 32.4 Å². The van der Waals surface area contributed by atoms with E-state index in [0.29, 0.717) is 12.1 Å². The maximum absolute atomic E-state index is 6.00. The van der Waals surface area contributed by atoms with E-state index in [1.165, 1.54) is 11.1 Å². The number of benzene rings is 1. The molecular weight excluding hydrogens is 297 g/mol. The Morgan fingerprint density at radius 3 is 2.63 bits per heavy atom. The molecule has 0 amide bonds. The molecule has 2 aromatic rings. The third-order valence-corrected chi connectivity index (χ3v) is 4.40. The van der Waals surface area contributed by atoms with Crippen molar-refractivity contribution < 1.29 is 0 Å². The molecule has 0 bridgehead atoms. The fraction of sp³-hybridized carbons (Fsp3) is 0.333. The van der Waals surface area contributed by atoms with Crippen LogP contribution in [0, 0.1) is 0 Å². The van der Waals surface area contributed by atoms with Crippen LogP contribution in [0.5, 0.6) is 0 Å². The number of hydrogen-bond acceptors (Lipinski definition) is 2. The van der Waals surface area contributed by atoms with E-state index in [0.717, 1.165) is 15.8 Å². The van der Waals surface area contributed by atoms with E-state index in [-0.39, 0.29) is 0 Å². The average molecular weight is 314 g/mol. The molecule has 1 nitrogen and oxygen atoms in total. The van der Waals surface area contributed by atoms with Gasteiger partial charge in [-0.1, -0.05) is 35.3 Å². The lowest BCUT2D eigenvalue weighted by Gasteiger charge is -2.19. The van der Waals surface area contributed by atoms with Gasteiger partial charge in [-0.15, -0.1) is 11.3 Å². The predicted octanol–water partition coefficient (Wildman–Crippen LogP) is 5.34. The molecule has 0 aliphatic heterocycles. The maximum Gasteiger partial charge on any atom is 0.0931 e. The van der Waals surface area contributed by atoms with Crippen LogP contribution in [0.4, 0.5) is 0 Å². The second kappa shape index (κ2) is 6.76. The summed E-state index contributed by atoms with van der Waals surface area (Å²) < 4.78 is 0.839. The van der Waals surface area contributed by atoms with Crippen LogP contribution >= 0.6 is 34.5 Å². The first-order chi connectivity index (χ1) is 9.04. The van der Waals surface area contributed by atoms with Gasteiger partial charge in [0.2, 0.25) is 0 Å². The molecule has 2 rings (SSSR count). The van der Waals surface area contributed by atoms with E-state index in [1.807, 2.05) is 24.3 Å². The zero-order valence-corrected chi connectivity index (χ0v) is 13.3. The van der Waals surface area contributed by atoms with Gasteiger partial charge in [-0.2, -0.15) is 0 Å². The van der Waals surface area contributed by atoms with Gasteiger partial charge in [0.15, 0.2) is 0 Å². The highest BCUT2D eigenvalue weighted by molar-refractivity contribution is 7.14. The number of thiophene rings is 1. The molecule has 0 spiro atoms. The molecule has 19 heavy (non-hydrogen) atoms. The van der Waals surface area contributed by atoms with Crippen molar-refractivity contribution in [3.8, 4) is 0 Å². The van der Waals surface area contributed by atoms with Crippen LogP contribution in [0.3, 0.4) is 0 Å². The van der Waals surface area contributed by atoms with Crippen LogP contribution in [0.1, 0.15) is 31.0 Å². The summed E-state index contributed by atoms with van der Waals surface area (Å²) in [6.45, 7) is 4.35. The lowest BCUT2D eigenvalue weighted by atomic mass is 10.1. The normalized spacial score (nSPS) is 14.3. The van der Waals surface area contributed by atoms with E-state index in [4.69, 9.17) is 23.2 Å². The lowest BCUT2D eigenvalue weighted by Crippen LogP contribution is -2.30. The summed E-state index contributed by atoms with van der Waals surface area (Å²) in [7, 11) is 0. The average Bonchev–Trinajstić information content (AvgIpc) is 2.75. The molecule has 2 unspecified atom stereocenters. The molecule has 0 radical (unpaired) electrons. The smallest absolute Gasteiger partial charge is 0.0931 e. The molecule has 102 valence electrons. The molecule has 1 N–H and O–H groups in total. The van der Waals surface area contributed by atoms with E-state index in [9.17, 15) is 0 Å². The molecule has 0 saturated heterocycles. The van der Waals surface area contributed by atoms with Gasteiger partial charge in [0.1, 0.15) is 0 Å². The topological polar surface area (TPSA) is 12.0 Å². The molecule has 1 aromatic heterocycles. The molecule has 2 atom stereocenters. The standard InChI is InChI=1S/C15H17Cl2NS/c1-10(6-12-4-3-5-14(16)7-12)18-11(2)13-8-15(17)19-9-13/h3-5,7-11,18H,6H2,1-2H3. The number of hydrogen-bond donors (Lipinski definition) is 1. The minimum atomic E-state index is 0.304. The first-order valence-electron chi connectivity index (χ1n) is 6.29. The zero-order valence-electron chi connectivity index (χ0n) is 11.0. The van der Waals surface area contributed by atoms with E-state index in [1.54, 1.807) is 11.3 Å². The van der Waals surface area contributed by atoms with E-state index in [2.05, 4.69) is 30.6 Å². The zero-order chi connectivity index (χ0) is 13.8. The Hall–Kier alpha value is -0.540. The van der Waals surface area contributed by atoms with Crippen molar-refractivity contribution in [2.24, 2.45) is 0 Å². The van der Waals surface area contributed by atoms with Crippen LogP contribution in [-0.4, -0.2) is 6.04 Å². The van der Waals surface area contributed by atoms with Gasteiger partial charge >= 0.3 is 0 Å². The van der Waals surface area contributed by atoms with Crippen molar-refractivity contribution in [1.29, 1.82) is 0 Å². The van der Waals surface area contributed by atoms with Crippen molar-refractivity contribution in [2.75, 3.05) is 0 Å². The van der Waals surface area contributed by atoms with Crippen molar-refractivity contribution in [3.63, 3.8) is 0 Å². The highest BCUT2D eigenvalue weighted by Gasteiger charge is 2.11. The summed E-state index contributed by atoms with van der Waals surface area (Å²) in [5.41, 5.74) is 2.50. The van der Waals surface area contributed by atoms with Gasteiger partial charge in [-0.3, -0.25) is 0 Å². The van der Waals surface area contributed by atoms with E-state index >= 15 is 0 Å². The van der Waals surface area contributed by atoms with Crippen molar-refractivity contribution >= 4 is 34.5 Å². The van der Waals surface area contributed by atoms with Gasteiger partial charge in [0.05, 0.1) is 4.34 Å². The molecule has 1 heterocycles. The SMILES string of the molecule is CC(Cc1cccc(Cl)c1)NC(C)c1csc(Cl)c1. The van der Waals surface area contributed by atoms with Gasteiger partial charge in [-0.25, -0.2) is 0 Å². The monoisotopic (exact) mass is 313 g/mol. The van der Waals surface area contributed by atoms with Crippen LogP contribution in [0.25, 0.3) is 0 Å². The van der Waals surface area contributed by atoms with Crippen LogP contribution in [0.2, 0.25) is 9.36 Å². The summed E-state index contributed by atoms with van der Waals surface area (Å²) in [5.74, 6) is 0. The quantitative estimate of drug-likeness (QED) is 0.786. The van der Waals surface area contributed by atoms with Crippen LogP contribution < -0.4 is 5.32 Å². The minimum absolute atomic E-state index is 0.304. The van der Waals surface area contributed by atoms with Crippen molar-refractivity contribution in [3.05, 3.63) is 56.2 Å². The Labute approximate surface area is 128 Å². The Balaban J connectivity index is 1.92. The van der Waals surface area contributed by atoms with Gasteiger partial charge < -0.3 is 5.32 Å². The number of nitrogens with one attached hydrogen (secondary N) is 1. The highest BCUT2D eigenvalue weighted by atomic mass is 35.5. The maximum atomic E-state index is 6.00. The summed E-state index contributed by atoms with van der Waals surface area (Å²) >= 11 is 13.5. The molecular formula is C15H17Cl2NS. The molecule has 0 aliphatic carbocycles. The largest absolute Gasteiger partial charge is 0.307 e. The minimum Gasteiger partial charge on any atom is -0.307 e. The molecule has 4 heteroatoms. The first-order valence-corrected chi connectivity index (χ1v) is 7.92. The third-order valence-electron chi connectivity index (χ3n) is 3.05. The van der Waals surface area contributed by atoms with Crippen LogP contribution in [-0.2, 0) is 6.42 Å². The summed E-state index contributed by atoms with van der Waals surface area (Å²) in [5, 5.41) is 6.48. The van der Waals surface area contributed by atoms with Gasteiger partial charge in [-0.05, 0) is 55.0 Å². The number of halogens is 2. The predicted molar refractivity (Wildman–Crippen MR) is 85.5 cm³/mol. The Morgan fingerprint density at radius 2 is 2.00 bits per heavy atom. The molecule has 1 aromatic carbocycles. The summed E-state index contributed by atoms with van der Waals surface area (Å²) in [6, 6.07) is 10.7. The molecule has 0 aliphatic rings. The Morgan fingerprint density at radius 1 is 1.21 bits per heavy atom. The summed E-state index contributed by atoms with van der Waals surface area (Å²) in [4.78, 5) is 0. The first kappa shape index (κ1) is 14.9. The van der Waals surface area contributed by atoms with Crippen molar-refractivity contribution in [1.82, 2.24) is 5.32 Å². The third kappa shape index (κ3) is 4.50. The fourth-order valence-corrected chi connectivity index (χ4v) is 3.35. The van der Waals surface area contributed by atoms with Crippen LogP contribution in [0.15, 0.2) is 35.7 Å². The Kier molecular flexibility index (Phi) is 5.28. The summed E-state index contributed by atoms with van der Waals surface area (Å²) in [6.07, 6.45) is 0.961.